The third-order valence-electron chi connectivity index (χ3n) is 1.55. The molecule has 7 heteroatoms. The molecule has 0 radical (unpaired) electrons. The number of hydrogen-bond acceptors (Lipinski definition) is 5. The maximum Gasteiger partial charge on any atom is 0.213 e. The average Bonchev–Trinajstić information content (AvgIpc) is 2.13. The molecule has 0 aliphatic heterocycles. The smallest absolute Gasteiger partial charge is 0.213 e. The van der Waals surface area contributed by atoms with Crippen molar-refractivity contribution < 1.29 is 23.4 Å². The molecule has 0 rings (SSSR count). The Hall–Kier alpha value is -0.210. The number of aliphatic hydroxyl groups is 2. The lowest BCUT2D eigenvalue weighted by atomic mass is 10.4. The van der Waals surface area contributed by atoms with E-state index >= 15 is 0 Å². The summed E-state index contributed by atoms with van der Waals surface area (Å²) in [5.74, 6) is -0.149. The van der Waals surface area contributed by atoms with Gasteiger partial charge in [-0.2, -0.15) is 0 Å². The van der Waals surface area contributed by atoms with Gasteiger partial charge in [0.05, 0.1) is 31.2 Å². The van der Waals surface area contributed by atoms with E-state index in [2.05, 4.69) is 4.72 Å². The van der Waals surface area contributed by atoms with Crippen LogP contribution in [-0.2, 0) is 14.8 Å². The molecule has 0 aromatic heterocycles. The van der Waals surface area contributed by atoms with Gasteiger partial charge in [0.15, 0.2) is 0 Å². The lowest BCUT2D eigenvalue weighted by Crippen LogP contribution is -2.36. The van der Waals surface area contributed by atoms with Gasteiger partial charge < -0.3 is 14.9 Å². The Morgan fingerprint density at radius 2 is 2.00 bits per heavy atom. The maximum absolute atomic E-state index is 11.2. The molecule has 1 atom stereocenters. The van der Waals surface area contributed by atoms with E-state index in [4.69, 9.17) is 14.9 Å². The largest absolute Gasteiger partial charge is 0.394 e. The Labute approximate surface area is 90.3 Å². The zero-order chi connectivity index (χ0) is 11.9. The normalized spacial score (nSPS) is 14.5. The molecule has 0 aliphatic rings. The van der Waals surface area contributed by atoms with Gasteiger partial charge in [0, 0.05) is 6.54 Å². The Morgan fingerprint density at radius 1 is 1.40 bits per heavy atom. The number of nitrogens with one attached hydrogen (secondary N) is 1. The van der Waals surface area contributed by atoms with Crippen molar-refractivity contribution in [3.63, 3.8) is 0 Å². The minimum Gasteiger partial charge on any atom is -0.394 e. The van der Waals surface area contributed by atoms with Crippen molar-refractivity contribution in [2.75, 3.05) is 25.5 Å². The summed E-state index contributed by atoms with van der Waals surface area (Å²) in [6.07, 6.45) is -1.07. The van der Waals surface area contributed by atoms with Crippen molar-refractivity contribution in [2.24, 2.45) is 0 Å². The first-order valence-electron chi connectivity index (χ1n) is 4.75. The molecule has 0 amide bonds. The molecule has 0 spiro atoms. The van der Waals surface area contributed by atoms with E-state index in [0.717, 1.165) is 0 Å². The second kappa shape index (κ2) is 7.13. The van der Waals surface area contributed by atoms with E-state index in [1.54, 1.807) is 0 Å². The molecule has 0 bridgehead atoms. The molecule has 6 nitrogen and oxygen atoms in total. The summed E-state index contributed by atoms with van der Waals surface area (Å²) in [7, 11) is -3.43. The van der Waals surface area contributed by atoms with Gasteiger partial charge in [-0.05, 0) is 13.8 Å². The quantitative estimate of drug-likeness (QED) is 0.490. The molecule has 0 saturated carbocycles. The van der Waals surface area contributed by atoms with E-state index in [1.807, 2.05) is 13.8 Å². The Balaban J connectivity index is 3.78. The average molecular weight is 241 g/mol. The van der Waals surface area contributed by atoms with Crippen LogP contribution in [0, 0.1) is 0 Å². The zero-order valence-electron chi connectivity index (χ0n) is 9.01. The van der Waals surface area contributed by atoms with E-state index < -0.39 is 22.7 Å². The Kier molecular flexibility index (Phi) is 7.03. The molecule has 0 aliphatic carbocycles. The van der Waals surface area contributed by atoms with Crippen LogP contribution in [0.4, 0.5) is 0 Å². The molecule has 0 saturated heterocycles. The van der Waals surface area contributed by atoms with Crippen molar-refractivity contribution in [1.29, 1.82) is 0 Å². The Morgan fingerprint density at radius 3 is 2.47 bits per heavy atom. The molecule has 0 heterocycles. The van der Waals surface area contributed by atoms with E-state index in [1.165, 1.54) is 0 Å². The first-order valence-corrected chi connectivity index (χ1v) is 6.40. The lowest BCUT2D eigenvalue weighted by Gasteiger charge is -2.11. The van der Waals surface area contributed by atoms with E-state index in [0.29, 0.717) is 0 Å². The molecule has 0 aromatic carbocycles. The highest BCUT2D eigenvalue weighted by Gasteiger charge is 2.12. The van der Waals surface area contributed by atoms with Gasteiger partial charge in [-0.3, -0.25) is 0 Å². The number of hydrogen-bond donors (Lipinski definition) is 3. The molecule has 0 fully saturated rings. The Bertz CT molecular complexity index is 252. The predicted octanol–water partition coefficient (Wildman–Crippen LogP) is -1.32. The van der Waals surface area contributed by atoms with Crippen LogP contribution in [0.15, 0.2) is 0 Å². The van der Waals surface area contributed by atoms with Gasteiger partial charge in [-0.25, -0.2) is 13.1 Å². The highest BCUT2D eigenvalue weighted by molar-refractivity contribution is 7.89. The summed E-state index contributed by atoms with van der Waals surface area (Å²) in [6, 6.07) is 0. The molecule has 1 unspecified atom stereocenters. The number of ether oxygens (including phenoxy) is 1. The predicted molar refractivity (Wildman–Crippen MR) is 56.0 cm³/mol. The van der Waals surface area contributed by atoms with Crippen molar-refractivity contribution in [2.45, 2.75) is 26.1 Å². The van der Waals surface area contributed by atoms with Gasteiger partial charge in [0.25, 0.3) is 0 Å². The molecule has 0 aromatic rings. The van der Waals surface area contributed by atoms with Crippen LogP contribution in [0.1, 0.15) is 13.8 Å². The summed E-state index contributed by atoms with van der Waals surface area (Å²) in [5, 5.41) is 17.4. The second-order valence-electron chi connectivity index (χ2n) is 3.42. The monoisotopic (exact) mass is 241 g/mol. The van der Waals surface area contributed by atoms with Crippen molar-refractivity contribution in [3.8, 4) is 0 Å². The van der Waals surface area contributed by atoms with Crippen LogP contribution in [0.3, 0.4) is 0 Å². The lowest BCUT2D eigenvalue weighted by molar-refractivity contribution is 0.0903. The highest BCUT2D eigenvalue weighted by Crippen LogP contribution is 1.91. The third kappa shape index (κ3) is 8.76. The van der Waals surface area contributed by atoms with Gasteiger partial charge in [-0.15, -0.1) is 0 Å². The first kappa shape index (κ1) is 14.8. The summed E-state index contributed by atoms with van der Waals surface area (Å²) < 4.78 is 29.7. The molecule has 15 heavy (non-hydrogen) atoms. The number of aliphatic hydroxyl groups excluding tert-OH is 2. The topological polar surface area (TPSA) is 95.9 Å². The fourth-order valence-electron chi connectivity index (χ4n) is 0.753. The zero-order valence-corrected chi connectivity index (χ0v) is 9.83. The van der Waals surface area contributed by atoms with Crippen LogP contribution in [0.2, 0.25) is 0 Å². The summed E-state index contributed by atoms with van der Waals surface area (Å²) in [6.45, 7) is 3.10. The van der Waals surface area contributed by atoms with Crippen LogP contribution in [-0.4, -0.2) is 56.4 Å². The molecular weight excluding hydrogens is 222 g/mol. The summed E-state index contributed by atoms with van der Waals surface area (Å²) >= 11 is 0. The van der Waals surface area contributed by atoms with Crippen molar-refractivity contribution in [3.05, 3.63) is 0 Å². The minimum atomic E-state index is -3.43. The van der Waals surface area contributed by atoms with Gasteiger partial charge in [0.1, 0.15) is 0 Å². The van der Waals surface area contributed by atoms with Gasteiger partial charge >= 0.3 is 0 Å². The molecule has 92 valence electrons. The fourth-order valence-corrected chi connectivity index (χ4v) is 1.66. The third-order valence-corrected chi connectivity index (χ3v) is 2.86. The van der Waals surface area contributed by atoms with Gasteiger partial charge in [-0.1, -0.05) is 0 Å². The van der Waals surface area contributed by atoms with Crippen LogP contribution >= 0.6 is 0 Å². The highest BCUT2D eigenvalue weighted by atomic mass is 32.2. The molecule has 3 N–H and O–H groups in total. The fraction of sp³-hybridized carbons (Fsp3) is 1.00. The minimum absolute atomic E-state index is 0.0109. The molecular formula is C8H19NO5S. The second-order valence-corrected chi connectivity index (χ2v) is 5.35. The number of sulfonamides is 1. The summed E-state index contributed by atoms with van der Waals surface area (Å²) in [4.78, 5) is 0. The standard InChI is InChI=1S/C8H19NO5S/c1-7(2)14-3-4-15(12,13)9-5-8(11)6-10/h7-11H,3-6H2,1-2H3. The number of rotatable bonds is 8. The van der Waals surface area contributed by atoms with E-state index in [9.17, 15) is 8.42 Å². The van der Waals surface area contributed by atoms with Crippen molar-refractivity contribution in [1.82, 2.24) is 4.72 Å². The first-order chi connectivity index (χ1) is 6.87. The maximum atomic E-state index is 11.2. The SMILES string of the molecule is CC(C)OCCS(=O)(=O)NCC(O)CO. The summed E-state index contributed by atoms with van der Waals surface area (Å²) in [5.41, 5.74) is 0. The van der Waals surface area contributed by atoms with Crippen LogP contribution < -0.4 is 4.72 Å². The van der Waals surface area contributed by atoms with E-state index in [-0.39, 0.29) is 25.0 Å². The van der Waals surface area contributed by atoms with Crippen molar-refractivity contribution >= 4 is 10.0 Å². The van der Waals surface area contributed by atoms with Gasteiger partial charge in [0.2, 0.25) is 10.0 Å². The van der Waals surface area contributed by atoms with Crippen LogP contribution in [0.25, 0.3) is 0 Å². The van der Waals surface area contributed by atoms with Crippen LogP contribution in [0.5, 0.6) is 0 Å².